The highest BCUT2D eigenvalue weighted by atomic mass is 16.7. The summed E-state index contributed by atoms with van der Waals surface area (Å²) >= 11 is 0. The topological polar surface area (TPSA) is 86.0 Å². The summed E-state index contributed by atoms with van der Waals surface area (Å²) in [5.41, 5.74) is 0.746. The Morgan fingerprint density at radius 3 is 2.60 bits per heavy atom. The predicted octanol–water partition coefficient (Wildman–Crippen LogP) is 3.06. The molecule has 0 aliphatic rings. The molecule has 0 saturated heterocycles. The molecule has 1 N–H and O–H groups in total. The molecule has 1 heterocycles. The van der Waals surface area contributed by atoms with E-state index in [-0.39, 0.29) is 12.4 Å². The van der Waals surface area contributed by atoms with Gasteiger partial charge in [0.25, 0.3) is 0 Å². The van der Waals surface area contributed by atoms with Gasteiger partial charge in [-0.3, -0.25) is 0 Å². The van der Waals surface area contributed by atoms with E-state index in [9.17, 15) is 9.59 Å². The summed E-state index contributed by atoms with van der Waals surface area (Å²) in [6.45, 7) is -0.0225. The number of carboxylic acid groups (broad SMARTS) is 1. The fraction of sp³-hybridized carbons (Fsp3) is 0.158. The van der Waals surface area contributed by atoms with Crippen molar-refractivity contribution in [1.29, 1.82) is 0 Å². The van der Waals surface area contributed by atoms with Crippen LogP contribution in [-0.2, 0) is 11.2 Å². The summed E-state index contributed by atoms with van der Waals surface area (Å²) in [6, 6.07) is 14.6. The average molecular weight is 340 g/mol. The van der Waals surface area contributed by atoms with E-state index in [0.717, 1.165) is 11.1 Å². The zero-order valence-electron chi connectivity index (χ0n) is 13.5. The molecule has 1 aromatic heterocycles. The summed E-state index contributed by atoms with van der Waals surface area (Å²) in [4.78, 5) is 23.1. The first kappa shape index (κ1) is 16.7. The number of rotatable bonds is 6. The lowest BCUT2D eigenvalue weighted by atomic mass is 10.0. The Balaban J connectivity index is 2.15. The zero-order valence-corrected chi connectivity index (χ0v) is 13.5. The van der Waals surface area contributed by atoms with Crippen LogP contribution in [0.4, 0.5) is 0 Å². The zero-order chi connectivity index (χ0) is 17.8. The van der Waals surface area contributed by atoms with Gasteiger partial charge in [0.15, 0.2) is 18.1 Å². The molecule has 3 aromatic rings. The van der Waals surface area contributed by atoms with E-state index in [4.69, 9.17) is 19.0 Å². The Morgan fingerprint density at radius 2 is 1.92 bits per heavy atom. The van der Waals surface area contributed by atoms with Crippen LogP contribution in [0.1, 0.15) is 21.5 Å². The van der Waals surface area contributed by atoms with Gasteiger partial charge in [0.05, 0.1) is 0 Å². The fourth-order valence-corrected chi connectivity index (χ4v) is 2.58. The maximum Gasteiger partial charge on any atom is 0.351 e. The van der Waals surface area contributed by atoms with E-state index in [1.807, 2.05) is 36.4 Å². The molecule has 6 heteroatoms. The highest BCUT2D eigenvalue weighted by Gasteiger charge is 2.17. The van der Waals surface area contributed by atoms with Gasteiger partial charge in [-0.15, -0.1) is 0 Å². The first-order valence-electron chi connectivity index (χ1n) is 7.59. The third-order valence-electron chi connectivity index (χ3n) is 3.73. The molecule has 128 valence electrons. The van der Waals surface area contributed by atoms with E-state index in [1.165, 1.54) is 13.2 Å². The molecule has 0 atom stereocenters. The van der Waals surface area contributed by atoms with E-state index in [1.54, 1.807) is 6.07 Å². The van der Waals surface area contributed by atoms with Gasteiger partial charge >= 0.3 is 11.6 Å². The maximum atomic E-state index is 11.9. The van der Waals surface area contributed by atoms with Gasteiger partial charge in [-0.2, -0.15) is 0 Å². The highest BCUT2D eigenvalue weighted by molar-refractivity contribution is 5.93. The number of hydrogen-bond donors (Lipinski definition) is 1. The number of carboxylic acids is 1. The van der Waals surface area contributed by atoms with Crippen LogP contribution in [0.3, 0.4) is 0 Å². The van der Waals surface area contributed by atoms with E-state index in [0.29, 0.717) is 17.6 Å². The first-order chi connectivity index (χ1) is 12.1. The summed E-state index contributed by atoms with van der Waals surface area (Å²) in [5.74, 6) is -0.958. The second kappa shape index (κ2) is 7.19. The minimum Gasteiger partial charge on any atom is -0.477 e. The van der Waals surface area contributed by atoms with Crippen molar-refractivity contribution < 1.29 is 23.8 Å². The molecule has 0 spiro atoms. The number of aromatic carboxylic acids is 1. The molecule has 0 fully saturated rings. The summed E-state index contributed by atoms with van der Waals surface area (Å²) < 4.78 is 15.8. The number of fused-ring (bicyclic) bond motifs is 1. The van der Waals surface area contributed by atoms with Crippen molar-refractivity contribution in [3.63, 3.8) is 0 Å². The third kappa shape index (κ3) is 3.54. The maximum absolute atomic E-state index is 11.9. The number of methoxy groups -OCH3 is 1. The van der Waals surface area contributed by atoms with Crippen LogP contribution >= 0.6 is 0 Å². The minimum absolute atomic E-state index is 0.0225. The molecule has 6 nitrogen and oxygen atoms in total. The molecule has 0 aliphatic heterocycles. The Bertz CT molecular complexity index is 959. The van der Waals surface area contributed by atoms with Crippen LogP contribution in [0.2, 0.25) is 0 Å². The number of ether oxygens (including phenoxy) is 2. The van der Waals surface area contributed by atoms with Crippen LogP contribution in [0.15, 0.2) is 57.7 Å². The van der Waals surface area contributed by atoms with Gasteiger partial charge in [-0.05, 0) is 11.6 Å². The van der Waals surface area contributed by atoms with Crippen molar-refractivity contribution in [3.05, 3.63) is 75.6 Å². The van der Waals surface area contributed by atoms with Gasteiger partial charge in [0.2, 0.25) is 0 Å². The van der Waals surface area contributed by atoms with Gasteiger partial charge in [-0.25, -0.2) is 9.59 Å². The van der Waals surface area contributed by atoms with E-state index < -0.39 is 17.2 Å². The SMILES string of the molecule is COCOc1c(Cc2ccccc2)ccc2cc(C(=O)O)c(=O)oc12. The van der Waals surface area contributed by atoms with Crippen LogP contribution in [0, 0.1) is 0 Å². The van der Waals surface area contributed by atoms with Crippen molar-refractivity contribution in [2.75, 3.05) is 13.9 Å². The Hall–Kier alpha value is -3.12. The number of carbonyl (C=O) groups is 1. The lowest BCUT2D eigenvalue weighted by Gasteiger charge is -2.13. The Kier molecular flexibility index (Phi) is 4.81. The van der Waals surface area contributed by atoms with Crippen molar-refractivity contribution in [3.8, 4) is 5.75 Å². The second-order valence-corrected chi connectivity index (χ2v) is 5.44. The Labute approximate surface area is 143 Å². The molecule has 2 aromatic carbocycles. The summed E-state index contributed by atoms with van der Waals surface area (Å²) in [7, 11) is 1.49. The normalized spacial score (nSPS) is 10.8. The number of benzene rings is 2. The average Bonchev–Trinajstić information content (AvgIpc) is 2.61. The standard InChI is InChI=1S/C19H16O6/c1-23-11-24-16-13(9-12-5-3-2-4-6-12)7-8-14-10-15(18(20)21)19(22)25-17(14)16/h2-8,10H,9,11H2,1H3,(H,20,21). The molecule has 0 aliphatic carbocycles. The van der Waals surface area contributed by atoms with Crippen LogP contribution < -0.4 is 10.4 Å². The predicted molar refractivity (Wildman–Crippen MR) is 91.2 cm³/mol. The lowest BCUT2D eigenvalue weighted by Crippen LogP contribution is -2.13. The molecule has 0 bridgehead atoms. The minimum atomic E-state index is -1.33. The fourth-order valence-electron chi connectivity index (χ4n) is 2.58. The van der Waals surface area contributed by atoms with Gasteiger partial charge in [-0.1, -0.05) is 42.5 Å². The van der Waals surface area contributed by atoms with Crippen LogP contribution in [0.5, 0.6) is 5.75 Å². The Morgan fingerprint density at radius 1 is 1.16 bits per heavy atom. The van der Waals surface area contributed by atoms with E-state index in [2.05, 4.69) is 0 Å². The first-order valence-corrected chi connectivity index (χ1v) is 7.59. The molecule has 0 saturated carbocycles. The van der Waals surface area contributed by atoms with Gasteiger partial charge < -0.3 is 19.0 Å². The van der Waals surface area contributed by atoms with Crippen molar-refractivity contribution >= 4 is 16.9 Å². The third-order valence-corrected chi connectivity index (χ3v) is 3.73. The van der Waals surface area contributed by atoms with E-state index >= 15 is 0 Å². The second-order valence-electron chi connectivity index (χ2n) is 5.44. The smallest absolute Gasteiger partial charge is 0.351 e. The quantitative estimate of drug-likeness (QED) is 0.548. The summed E-state index contributed by atoms with van der Waals surface area (Å²) in [6.07, 6.45) is 0.570. The van der Waals surface area contributed by atoms with Crippen LogP contribution in [0.25, 0.3) is 11.0 Å². The monoisotopic (exact) mass is 340 g/mol. The molecular formula is C19H16O6. The molecule has 3 rings (SSSR count). The molecular weight excluding hydrogens is 324 g/mol. The van der Waals surface area contributed by atoms with Crippen molar-refractivity contribution in [1.82, 2.24) is 0 Å². The molecule has 0 unspecified atom stereocenters. The van der Waals surface area contributed by atoms with Crippen molar-refractivity contribution in [2.24, 2.45) is 0 Å². The molecule has 0 amide bonds. The number of hydrogen-bond acceptors (Lipinski definition) is 5. The molecule has 0 radical (unpaired) electrons. The lowest BCUT2D eigenvalue weighted by molar-refractivity contribution is 0.0507. The van der Waals surface area contributed by atoms with Crippen LogP contribution in [-0.4, -0.2) is 25.0 Å². The summed E-state index contributed by atoms with van der Waals surface area (Å²) in [5, 5.41) is 9.55. The van der Waals surface area contributed by atoms with Crippen molar-refractivity contribution in [2.45, 2.75) is 6.42 Å². The van der Waals surface area contributed by atoms with Gasteiger partial charge in [0.1, 0.15) is 5.56 Å². The highest BCUT2D eigenvalue weighted by Crippen LogP contribution is 2.31. The molecule has 25 heavy (non-hydrogen) atoms. The van der Waals surface area contributed by atoms with Gasteiger partial charge in [0, 0.05) is 24.5 Å². The largest absolute Gasteiger partial charge is 0.477 e.